The molecule has 1 saturated heterocycles. The molecule has 1 heterocycles. The van der Waals surface area contributed by atoms with Gasteiger partial charge in [-0.05, 0) is 32.2 Å². The molecule has 0 radical (unpaired) electrons. The molecule has 0 unspecified atom stereocenters. The lowest BCUT2D eigenvalue weighted by Gasteiger charge is -2.35. The second kappa shape index (κ2) is 6.19. The Morgan fingerprint density at radius 2 is 1.94 bits per heavy atom. The molecule has 0 aromatic carbocycles. The third kappa shape index (κ3) is 3.70. The Labute approximate surface area is 111 Å². The molecule has 0 aromatic heterocycles. The first-order chi connectivity index (χ1) is 8.70. The highest BCUT2D eigenvalue weighted by Crippen LogP contribution is 2.33. The molecule has 0 bridgehead atoms. The standard InChI is InChI=1S/C15H25N3/c1-13(18-10-8-17(3)9-11-18)15(12-16-2)7-6-14-4-5-14/h7,12,14H,1,4-6,8-11H2,2-3H3/b15-7+,16-12?. The smallest absolute Gasteiger partial charge is 0.0379 e. The fourth-order valence-electron chi connectivity index (χ4n) is 2.29. The van der Waals surface area contributed by atoms with Gasteiger partial charge in [-0.25, -0.2) is 0 Å². The molecule has 0 atom stereocenters. The summed E-state index contributed by atoms with van der Waals surface area (Å²) in [6, 6.07) is 0. The van der Waals surface area contributed by atoms with Crippen molar-refractivity contribution in [1.82, 2.24) is 9.80 Å². The molecule has 3 heteroatoms. The van der Waals surface area contributed by atoms with Gasteiger partial charge in [0.2, 0.25) is 0 Å². The molecule has 1 aliphatic carbocycles. The third-order valence-corrected chi connectivity index (χ3v) is 3.85. The van der Waals surface area contributed by atoms with E-state index in [1.165, 1.54) is 24.8 Å². The van der Waals surface area contributed by atoms with E-state index in [9.17, 15) is 0 Å². The van der Waals surface area contributed by atoms with E-state index in [4.69, 9.17) is 0 Å². The van der Waals surface area contributed by atoms with Gasteiger partial charge in [0.25, 0.3) is 0 Å². The molecule has 2 rings (SSSR count). The van der Waals surface area contributed by atoms with E-state index >= 15 is 0 Å². The largest absolute Gasteiger partial charge is 0.369 e. The summed E-state index contributed by atoms with van der Waals surface area (Å²) in [5.41, 5.74) is 2.36. The SMILES string of the molecule is C=C(/C(C=NC)=C/CC1CC1)N1CCN(C)CC1. The van der Waals surface area contributed by atoms with Gasteiger partial charge in [-0.3, -0.25) is 4.99 Å². The quantitative estimate of drug-likeness (QED) is 0.548. The van der Waals surface area contributed by atoms with Crippen LogP contribution in [0, 0.1) is 5.92 Å². The average Bonchev–Trinajstić information content (AvgIpc) is 3.18. The summed E-state index contributed by atoms with van der Waals surface area (Å²) < 4.78 is 0. The molecule has 100 valence electrons. The minimum absolute atomic E-state index is 0.922. The average molecular weight is 247 g/mol. The number of likely N-dealkylation sites (N-methyl/N-ethyl adjacent to an activating group) is 1. The third-order valence-electron chi connectivity index (χ3n) is 3.85. The van der Waals surface area contributed by atoms with Crippen molar-refractivity contribution in [3.8, 4) is 0 Å². The number of piperazine rings is 1. The highest BCUT2D eigenvalue weighted by Gasteiger charge is 2.21. The van der Waals surface area contributed by atoms with Crippen LogP contribution in [0.3, 0.4) is 0 Å². The number of hydrogen-bond acceptors (Lipinski definition) is 3. The van der Waals surface area contributed by atoms with Gasteiger partial charge in [-0.15, -0.1) is 0 Å². The summed E-state index contributed by atoms with van der Waals surface area (Å²) in [7, 11) is 4.01. The van der Waals surface area contributed by atoms with E-state index in [0.717, 1.165) is 37.8 Å². The molecule has 0 spiro atoms. The van der Waals surface area contributed by atoms with Gasteiger partial charge < -0.3 is 9.80 Å². The molecule has 18 heavy (non-hydrogen) atoms. The monoisotopic (exact) mass is 247 g/mol. The molecule has 0 N–H and O–H groups in total. The lowest BCUT2D eigenvalue weighted by Crippen LogP contribution is -2.44. The van der Waals surface area contributed by atoms with Crippen molar-refractivity contribution >= 4 is 6.21 Å². The summed E-state index contributed by atoms with van der Waals surface area (Å²) >= 11 is 0. The number of aliphatic imine (C=N–C) groups is 1. The number of hydrogen-bond donors (Lipinski definition) is 0. The fraction of sp³-hybridized carbons (Fsp3) is 0.667. The lowest BCUT2D eigenvalue weighted by atomic mass is 10.1. The summed E-state index contributed by atoms with van der Waals surface area (Å²) in [6.07, 6.45) is 8.27. The van der Waals surface area contributed by atoms with E-state index in [-0.39, 0.29) is 0 Å². The second-order valence-corrected chi connectivity index (χ2v) is 5.46. The molecule has 2 fully saturated rings. The van der Waals surface area contributed by atoms with Gasteiger partial charge in [0.05, 0.1) is 0 Å². The van der Waals surface area contributed by atoms with Crippen LogP contribution < -0.4 is 0 Å². The number of nitrogens with zero attached hydrogens (tertiary/aromatic N) is 3. The van der Waals surface area contributed by atoms with Crippen molar-refractivity contribution in [3.05, 3.63) is 23.9 Å². The molecule has 0 amide bonds. The highest BCUT2D eigenvalue weighted by atomic mass is 15.2. The second-order valence-electron chi connectivity index (χ2n) is 5.46. The zero-order valence-electron chi connectivity index (χ0n) is 11.7. The van der Waals surface area contributed by atoms with Crippen molar-refractivity contribution in [2.75, 3.05) is 40.3 Å². The van der Waals surface area contributed by atoms with E-state index < -0.39 is 0 Å². The maximum Gasteiger partial charge on any atom is 0.0379 e. The first kappa shape index (κ1) is 13.3. The number of rotatable bonds is 5. The Bertz CT molecular complexity index is 345. The summed E-state index contributed by atoms with van der Waals surface area (Å²) in [6.45, 7) is 8.67. The predicted octanol–water partition coefficient (Wildman–Crippen LogP) is 2.17. The minimum atomic E-state index is 0.922. The molecule has 1 aliphatic heterocycles. The van der Waals surface area contributed by atoms with Crippen LogP contribution in [0.25, 0.3) is 0 Å². The van der Waals surface area contributed by atoms with E-state index in [2.05, 4.69) is 34.5 Å². The lowest BCUT2D eigenvalue weighted by molar-refractivity contribution is 0.190. The number of allylic oxidation sites excluding steroid dienone is 2. The molecule has 0 aromatic rings. The van der Waals surface area contributed by atoms with Crippen LogP contribution in [0.2, 0.25) is 0 Å². The van der Waals surface area contributed by atoms with E-state index in [1.807, 2.05) is 13.3 Å². The zero-order valence-corrected chi connectivity index (χ0v) is 11.7. The van der Waals surface area contributed by atoms with E-state index in [0.29, 0.717) is 0 Å². The van der Waals surface area contributed by atoms with Crippen LogP contribution in [-0.4, -0.2) is 56.3 Å². The van der Waals surface area contributed by atoms with Crippen LogP contribution in [0.4, 0.5) is 0 Å². The van der Waals surface area contributed by atoms with Gasteiger partial charge in [0.15, 0.2) is 0 Å². The van der Waals surface area contributed by atoms with Crippen LogP contribution in [0.5, 0.6) is 0 Å². The maximum atomic E-state index is 4.27. The van der Waals surface area contributed by atoms with Crippen LogP contribution in [-0.2, 0) is 0 Å². The van der Waals surface area contributed by atoms with Crippen molar-refractivity contribution in [1.29, 1.82) is 0 Å². The molecule has 3 nitrogen and oxygen atoms in total. The van der Waals surface area contributed by atoms with Crippen LogP contribution in [0.1, 0.15) is 19.3 Å². The van der Waals surface area contributed by atoms with Crippen molar-refractivity contribution in [2.24, 2.45) is 10.9 Å². The molecular formula is C15H25N3. The highest BCUT2D eigenvalue weighted by molar-refractivity contribution is 5.83. The molecule has 1 saturated carbocycles. The van der Waals surface area contributed by atoms with Gasteiger partial charge in [-0.1, -0.05) is 12.7 Å². The van der Waals surface area contributed by atoms with Gasteiger partial charge in [0, 0.05) is 50.7 Å². The van der Waals surface area contributed by atoms with E-state index in [1.54, 1.807) is 0 Å². The van der Waals surface area contributed by atoms with Gasteiger partial charge >= 0.3 is 0 Å². The summed E-state index contributed by atoms with van der Waals surface area (Å²) in [5.74, 6) is 0.922. The van der Waals surface area contributed by atoms with Gasteiger partial charge in [-0.2, -0.15) is 0 Å². The maximum absolute atomic E-state index is 4.27. The Kier molecular flexibility index (Phi) is 4.59. The predicted molar refractivity (Wildman–Crippen MR) is 78.1 cm³/mol. The normalized spacial score (nSPS) is 22.8. The Hall–Kier alpha value is -1.09. The molecular weight excluding hydrogens is 222 g/mol. The summed E-state index contributed by atoms with van der Waals surface area (Å²) in [5, 5.41) is 0. The molecule has 2 aliphatic rings. The van der Waals surface area contributed by atoms with Crippen molar-refractivity contribution in [3.63, 3.8) is 0 Å². The van der Waals surface area contributed by atoms with Crippen molar-refractivity contribution < 1.29 is 0 Å². The minimum Gasteiger partial charge on any atom is -0.369 e. The Morgan fingerprint density at radius 3 is 2.50 bits per heavy atom. The van der Waals surface area contributed by atoms with Crippen LogP contribution >= 0.6 is 0 Å². The zero-order chi connectivity index (χ0) is 13.0. The first-order valence-electron chi connectivity index (χ1n) is 6.96. The van der Waals surface area contributed by atoms with Crippen LogP contribution in [0.15, 0.2) is 28.9 Å². The fourth-order valence-corrected chi connectivity index (χ4v) is 2.29. The topological polar surface area (TPSA) is 18.8 Å². The Morgan fingerprint density at radius 1 is 1.28 bits per heavy atom. The Balaban J connectivity index is 1.95. The summed E-state index contributed by atoms with van der Waals surface area (Å²) in [4.78, 5) is 8.93. The van der Waals surface area contributed by atoms with Crippen molar-refractivity contribution in [2.45, 2.75) is 19.3 Å². The van der Waals surface area contributed by atoms with Gasteiger partial charge in [0.1, 0.15) is 0 Å². The first-order valence-corrected chi connectivity index (χ1v) is 6.96.